The second-order valence-corrected chi connectivity index (χ2v) is 7.92. The topological polar surface area (TPSA) is 42.2 Å². The second-order valence-electron chi connectivity index (χ2n) is 5.67. The average Bonchev–Trinajstić information content (AvgIpc) is 3.04. The van der Waals surface area contributed by atoms with E-state index in [9.17, 15) is 4.21 Å². The standard InChI is InChI=1S/C19H17Cl2NO2S/c1-25(23)12-13-3-2-4-15(9-13)22-11-16-6-8-19(24-16)14-5-7-17(20)18(21)10-14/h2-10,22H,11-12H2,1H3. The molecule has 1 atom stereocenters. The van der Waals surface area contributed by atoms with E-state index < -0.39 is 10.8 Å². The molecule has 6 heteroatoms. The normalized spacial score (nSPS) is 12.1. The van der Waals surface area contributed by atoms with Crippen LogP contribution >= 0.6 is 23.2 Å². The van der Waals surface area contributed by atoms with Crippen molar-refractivity contribution in [3.05, 3.63) is 76.0 Å². The van der Waals surface area contributed by atoms with Gasteiger partial charge in [0.05, 0.1) is 16.6 Å². The first-order valence-electron chi connectivity index (χ1n) is 7.68. The van der Waals surface area contributed by atoms with E-state index in [1.807, 2.05) is 42.5 Å². The molecule has 0 radical (unpaired) electrons. The molecule has 130 valence electrons. The van der Waals surface area contributed by atoms with Gasteiger partial charge in [0.25, 0.3) is 0 Å². The van der Waals surface area contributed by atoms with Gasteiger partial charge < -0.3 is 9.73 Å². The molecule has 0 saturated carbocycles. The molecule has 0 bridgehead atoms. The average molecular weight is 394 g/mol. The first-order valence-corrected chi connectivity index (χ1v) is 10.2. The molecule has 0 saturated heterocycles. The highest BCUT2D eigenvalue weighted by molar-refractivity contribution is 7.83. The van der Waals surface area contributed by atoms with E-state index in [1.165, 1.54) is 0 Å². The fourth-order valence-corrected chi connectivity index (χ4v) is 3.42. The third-order valence-electron chi connectivity index (χ3n) is 3.63. The van der Waals surface area contributed by atoms with E-state index in [0.29, 0.717) is 22.3 Å². The summed E-state index contributed by atoms with van der Waals surface area (Å²) in [5.74, 6) is 2.11. The Balaban J connectivity index is 1.67. The van der Waals surface area contributed by atoms with Gasteiger partial charge in [-0.1, -0.05) is 35.3 Å². The first-order chi connectivity index (χ1) is 12.0. The Labute approximate surface area is 159 Å². The predicted molar refractivity (Wildman–Crippen MR) is 106 cm³/mol. The molecule has 1 aromatic heterocycles. The number of anilines is 1. The summed E-state index contributed by atoms with van der Waals surface area (Å²) in [6.07, 6.45) is 1.70. The molecular formula is C19H17Cl2NO2S. The molecule has 1 unspecified atom stereocenters. The molecule has 0 aliphatic heterocycles. The quantitative estimate of drug-likeness (QED) is 0.579. The van der Waals surface area contributed by atoms with Crippen molar-refractivity contribution in [2.75, 3.05) is 11.6 Å². The van der Waals surface area contributed by atoms with Crippen LogP contribution in [0.4, 0.5) is 5.69 Å². The SMILES string of the molecule is CS(=O)Cc1cccc(NCc2ccc(-c3ccc(Cl)c(Cl)c3)o2)c1. The summed E-state index contributed by atoms with van der Waals surface area (Å²) in [5.41, 5.74) is 2.89. The van der Waals surface area contributed by atoms with Crippen LogP contribution in [0.15, 0.2) is 59.0 Å². The number of hydrogen-bond donors (Lipinski definition) is 1. The number of hydrogen-bond acceptors (Lipinski definition) is 3. The molecule has 0 aliphatic rings. The maximum Gasteiger partial charge on any atom is 0.134 e. The Hall–Kier alpha value is -1.75. The van der Waals surface area contributed by atoms with Gasteiger partial charge in [-0.2, -0.15) is 0 Å². The zero-order valence-corrected chi connectivity index (χ0v) is 15.9. The summed E-state index contributed by atoms with van der Waals surface area (Å²) < 4.78 is 17.2. The summed E-state index contributed by atoms with van der Waals surface area (Å²) in [6, 6.07) is 17.2. The Morgan fingerprint density at radius 2 is 1.88 bits per heavy atom. The van der Waals surface area contributed by atoms with Crippen molar-refractivity contribution in [1.82, 2.24) is 0 Å². The van der Waals surface area contributed by atoms with Crippen molar-refractivity contribution in [2.45, 2.75) is 12.3 Å². The van der Waals surface area contributed by atoms with Gasteiger partial charge in [0.2, 0.25) is 0 Å². The molecule has 1 heterocycles. The predicted octanol–water partition coefficient (Wildman–Crippen LogP) is 5.74. The number of halogens is 2. The Morgan fingerprint density at radius 3 is 2.64 bits per heavy atom. The second kappa shape index (κ2) is 8.09. The highest BCUT2D eigenvalue weighted by atomic mass is 35.5. The van der Waals surface area contributed by atoms with E-state index >= 15 is 0 Å². The molecule has 0 spiro atoms. The van der Waals surface area contributed by atoms with Crippen LogP contribution in [-0.2, 0) is 23.1 Å². The van der Waals surface area contributed by atoms with Crippen LogP contribution in [0.2, 0.25) is 10.0 Å². The first kappa shape index (κ1) is 18.1. The minimum absolute atomic E-state index is 0.500. The molecule has 25 heavy (non-hydrogen) atoms. The van der Waals surface area contributed by atoms with Gasteiger partial charge in [0.1, 0.15) is 11.5 Å². The summed E-state index contributed by atoms with van der Waals surface area (Å²) in [4.78, 5) is 0. The maximum absolute atomic E-state index is 11.3. The summed E-state index contributed by atoms with van der Waals surface area (Å²) >= 11 is 12.0. The fraction of sp³-hybridized carbons (Fsp3) is 0.158. The molecule has 3 nitrogen and oxygen atoms in total. The molecule has 3 aromatic rings. The van der Waals surface area contributed by atoms with E-state index in [0.717, 1.165) is 28.3 Å². The maximum atomic E-state index is 11.3. The number of rotatable bonds is 6. The van der Waals surface area contributed by atoms with E-state index in [-0.39, 0.29) is 0 Å². The molecule has 1 N–H and O–H groups in total. The van der Waals surface area contributed by atoms with Gasteiger partial charge in [-0.05, 0) is 48.0 Å². The molecule has 0 amide bonds. The zero-order valence-electron chi connectivity index (χ0n) is 13.6. The third kappa shape index (κ3) is 4.88. The van der Waals surface area contributed by atoms with Gasteiger partial charge in [-0.3, -0.25) is 4.21 Å². The van der Waals surface area contributed by atoms with Gasteiger partial charge in [-0.25, -0.2) is 0 Å². The Morgan fingerprint density at radius 1 is 1.04 bits per heavy atom. The number of furan rings is 1. The van der Waals surface area contributed by atoms with E-state index in [1.54, 1.807) is 18.4 Å². The van der Waals surface area contributed by atoms with Gasteiger partial charge >= 0.3 is 0 Å². The molecule has 2 aromatic carbocycles. The van der Waals surface area contributed by atoms with Gasteiger partial charge in [-0.15, -0.1) is 0 Å². The molecule has 3 rings (SSSR count). The van der Waals surface area contributed by atoms with Gasteiger partial charge in [0.15, 0.2) is 0 Å². The summed E-state index contributed by atoms with van der Waals surface area (Å²) in [7, 11) is -0.853. The van der Waals surface area contributed by atoms with Crippen LogP contribution in [-0.4, -0.2) is 10.5 Å². The van der Waals surface area contributed by atoms with Crippen LogP contribution in [0.5, 0.6) is 0 Å². The highest BCUT2D eigenvalue weighted by Crippen LogP contribution is 2.29. The smallest absolute Gasteiger partial charge is 0.134 e. The minimum Gasteiger partial charge on any atom is -0.459 e. The van der Waals surface area contributed by atoms with Crippen LogP contribution in [0.1, 0.15) is 11.3 Å². The molecular weight excluding hydrogens is 377 g/mol. The number of nitrogens with one attached hydrogen (secondary N) is 1. The molecule has 0 fully saturated rings. The minimum atomic E-state index is -0.853. The lowest BCUT2D eigenvalue weighted by Gasteiger charge is -2.07. The van der Waals surface area contributed by atoms with Crippen molar-refractivity contribution in [3.63, 3.8) is 0 Å². The van der Waals surface area contributed by atoms with E-state index in [4.69, 9.17) is 27.6 Å². The van der Waals surface area contributed by atoms with Crippen LogP contribution in [0.3, 0.4) is 0 Å². The summed E-state index contributed by atoms with van der Waals surface area (Å²) in [6.45, 7) is 0.556. The lowest BCUT2D eigenvalue weighted by molar-refractivity contribution is 0.531. The van der Waals surface area contributed by atoms with Crippen molar-refractivity contribution in [2.24, 2.45) is 0 Å². The highest BCUT2D eigenvalue weighted by Gasteiger charge is 2.07. The van der Waals surface area contributed by atoms with Crippen molar-refractivity contribution < 1.29 is 8.63 Å². The van der Waals surface area contributed by atoms with Crippen LogP contribution < -0.4 is 5.32 Å². The van der Waals surface area contributed by atoms with Gasteiger partial charge in [0, 0.05) is 34.1 Å². The fourth-order valence-electron chi connectivity index (χ4n) is 2.47. The van der Waals surface area contributed by atoms with Crippen LogP contribution in [0.25, 0.3) is 11.3 Å². The molecule has 0 aliphatic carbocycles. The van der Waals surface area contributed by atoms with Crippen molar-refractivity contribution in [1.29, 1.82) is 0 Å². The van der Waals surface area contributed by atoms with Crippen LogP contribution in [0, 0.1) is 0 Å². The zero-order chi connectivity index (χ0) is 17.8. The lowest BCUT2D eigenvalue weighted by Crippen LogP contribution is -1.99. The van der Waals surface area contributed by atoms with Crippen molar-refractivity contribution >= 4 is 39.7 Å². The van der Waals surface area contributed by atoms with E-state index in [2.05, 4.69) is 5.32 Å². The number of benzene rings is 2. The Kier molecular flexibility index (Phi) is 5.84. The summed E-state index contributed by atoms with van der Waals surface area (Å²) in [5, 5.41) is 4.34. The third-order valence-corrected chi connectivity index (χ3v) is 5.11. The largest absolute Gasteiger partial charge is 0.459 e. The Bertz CT molecular complexity index is 908. The monoisotopic (exact) mass is 393 g/mol. The van der Waals surface area contributed by atoms with Crippen molar-refractivity contribution in [3.8, 4) is 11.3 Å². The lowest BCUT2D eigenvalue weighted by atomic mass is 10.2.